The number of imidazole rings is 1. The first-order valence-corrected chi connectivity index (χ1v) is 14.7. The van der Waals surface area contributed by atoms with E-state index in [4.69, 9.17) is 16.9 Å². The zero-order valence-corrected chi connectivity index (χ0v) is 25.4. The summed E-state index contributed by atoms with van der Waals surface area (Å²) < 4.78 is 42.9. The smallest absolute Gasteiger partial charge is 0.339 e. The molecular weight excluding hydrogens is 615 g/mol. The van der Waals surface area contributed by atoms with Crippen LogP contribution in [0.1, 0.15) is 39.5 Å². The second-order valence-electron chi connectivity index (χ2n) is 11.1. The van der Waals surface area contributed by atoms with Crippen LogP contribution in [0.5, 0.6) is 0 Å². The summed E-state index contributed by atoms with van der Waals surface area (Å²) in [6.07, 6.45) is -0.929. The lowest BCUT2D eigenvalue weighted by Crippen LogP contribution is -2.52. The highest BCUT2D eigenvalue weighted by Gasteiger charge is 2.39. The molecule has 3 aromatic rings. The number of rotatable bonds is 6. The number of halogens is 4. The molecule has 16 heteroatoms. The van der Waals surface area contributed by atoms with Gasteiger partial charge < -0.3 is 24.6 Å². The van der Waals surface area contributed by atoms with Crippen molar-refractivity contribution in [1.82, 2.24) is 34.0 Å². The lowest BCUT2D eigenvalue weighted by Gasteiger charge is -2.38. The van der Waals surface area contributed by atoms with E-state index in [1.165, 1.54) is 29.8 Å². The van der Waals surface area contributed by atoms with Crippen molar-refractivity contribution in [3.63, 3.8) is 0 Å². The van der Waals surface area contributed by atoms with Crippen molar-refractivity contribution in [3.8, 4) is 17.3 Å². The summed E-state index contributed by atoms with van der Waals surface area (Å²) in [4.78, 5) is 48.9. The number of alkyl halides is 3. The predicted molar refractivity (Wildman–Crippen MR) is 157 cm³/mol. The standard InChI is InChI=1S/C29H31ClF3N9O3/c1-38-8-5-18(6-9-38)27(44)40-11-13-41(14-12-40)28(45)20-4-3-19(15-22(20)30)36-26(43)25-35-16-23(39(25)2)21-17-42(10-7-34)37-24(21)29(31,32)33/h3-4,15-18H,5-6,8-14H2,1-2H3,(H,36,43). The van der Waals surface area contributed by atoms with Crippen LogP contribution in [0.4, 0.5) is 18.9 Å². The van der Waals surface area contributed by atoms with Crippen LogP contribution in [0.15, 0.2) is 30.6 Å². The molecule has 0 bridgehead atoms. The highest BCUT2D eigenvalue weighted by Crippen LogP contribution is 2.36. The Morgan fingerprint density at radius 2 is 1.73 bits per heavy atom. The molecule has 3 amide bonds. The summed E-state index contributed by atoms with van der Waals surface area (Å²) in [7, 11) is 3.43. The first-order valence-electron chi connectivity index (χ1n) is 14.3. The van der Waals surface area contributed by atoms with Gasteiger partial charge in [-0.1, -0.05) is 11.6 Å². The van der Waals surface area contributed by atoms with E-state index in [-0.39, 0.29) is 57.6 Å². The van der Waals surface area contributed by atoms with Gasteiger partial charge >= 0.3 is 6.18 Å². The van der Waals surface area contributed by atoms with E-state index in [2.05, 4.69) is 20.3 Å². The van der Waals surface area contributed by atoms with E-state index in [0.717, 1.165) is 43.0 Å². The SMILES string of the molecule is CN1CCC(C(=O)N2CCN(C(=O)c3ccc(NC(=O)c4ncc(-c5cn(CC#N)nc5C(F)(F)F)n4C)cc3Cl)CC2)CC1. The van der Waals surface area contributed by atoms with Gasteiger partial charge in [0.2, 0.25) is 5.91 Å². The Hall–Kier alpha value is -4.42. The highest BCUT2D eigenvalue weighted by atomic mass is 35.5. The number of likely N-dealkylation sites (tertiary alicyclic amines) is 1. The molecule has 0 saturated carbocycles. The molecule has 0 aliphatic carbocycles. The molecule has 12 nitrogen and oxygen atoms in total. The summed E-state index contributed by atoms with van der Waals surface area (Å²) >= 11 is 6.44. The number of aromatic nitrogens is 4. The van der Waals surface area contributed by atoms with Crippen LogP contribution in [0.25, 0.3) is 11.3 Å². The molecule has 2 aliphatic heterocycles. The van der Waals surface area contributed by atoms with E-state index in [1.807, 2.05) is 11.9 Å². The summed E-state index contributed by atoms with van der Waals surface area (Å²) in [6.45, 7) is 3.04. The van der Waals surface area contributed by atoms with Gasteiger partial charge in [-0.15, -0.1) is 0 Å². The highest BCUT2D eigenvalue weighted by molar-refractivity contribution is 6.34. The minimum absolute atomic E-state index is 0.0174. The number of piperidine rings is 1. The van der Waals surface area contributed by atoms with E-state index in [1.54, 1.807) is 11.0 Å². The van der Waals surface area contributed by atoms with Crippen LogP contribution in [0, 0.1) is 17.2 Å². The molecule has 0 radical (unpaired) electrons. The second kappa shape index (κ2) is 12.9. The number of hydrogen-bond donors (Lipinski definition) is 1. The summed E-state index contributed by atoms with van der Waals surface area (Å²) in [5.41, 5.74) is -1.07. The van der Waals surface area contributed by atoms with Crippen LogP contribution in [0.3, 0.4) is 0 Å². The lowest BCUT2D eigenvalue weighted by atomic mass is 9.95. The van der Waals surface area contributed by atoms with Crippen molar-refractivity contribution >= 4 is 35.0 Å². The third-order valence-electron chi connectivity index (χ3n) is 8.13. The molecule has 1 aromatic carbocycles. The zero-order valence-electron chi connectivity index (χ0n) is 24.6. The largest absolute Gasteiger partial charge is 0.435 e. The van der Waals surface area contributed by atoms with Gasteiger partial charge in [0.25, 0.3) is 11.8 Å². The Morgan fingerprint density at radius 1 is 1.07 bits per heavy atom. The third kappa shape index (κ3) is 6.81. The van der Waals surface area contributed by atoms with Crippen molar-refractivity contribution in [3.05, 3.63) is 52.7 Å². The van der Waals surface area contributed by atoms with Gasteiger partial charge in [0.15, 0.2) is 11.5 Å². The summed E-state index contributed by atoms with van der Waals surface area (Å²) in [5.74, 6) is -1.04. The van der Waals surface area contributed by atoms with E-state index < -0.39 is 17.8 Å². The minimum Gasteiger partial charge on any atom is -0.339 e. The lowest BCUT2D eigenvalue weighted by molar-refractivity contribution is -0.141. The Kier molecular flexibility index (Phi) is 9.17. The average molecular weight is 646 g/mol. The first-order chi connectivity index (χ1) is 21.4. The number of nitrogens with zero attached hydrogens (tertiary/aromatic N) is 8. The maximum absolute atomic E-state index is 13.6. The van der Waals surface area contributed by atoms with Gasteiger partial charge in [-0.25, -0.2) is 4.98 Å². The van der Waals surface area contributed by atoms with E-state index in [9.17, 15) is 27.6 Å². The molecule has 5 rings (SSSR count). The molecule has 2 saturated heterocycles. The molecule has 0 atom stereocenters. The Balaban J connectivity index is 1.23. The Labute approximate surface area is 261 Å². The van der Waals surface area contributed by atoms with Crippen molar-refractivity contribution in [1.29, 1.82) is 5.26 Å². The van der Waals surface area contributed by atoms with Gasteiger partial charge in [0.1, 0.15) is 6.54 Å². The number of carbonyl (C=O) groups excluding carboxylic acids is 3. The monoisotopic (exact) mass is 645 g/mol. The topological polar surface area (TPSA) is 132 Å². The molecule has 2 aliphatic rings. The minimum atomic E-state index is -4.80. The van der Waals surface area contributed by atoms with Crippen molar-refractivity contribution < 1.29 is 27.6 Å². The number of hydrogen-bond acceptors (Lipinski definition) is 7. The maximum atomic E-state index is 13.6. The number of nitriles is 1. The number of piperazine rings is 1. The van der Waals surface area contributed by atoms with Gasteiger partial charge in [-0.05, 0) is 51.2 Å². The fourth-order valence-electron chi connectivity index (χ4n) is 5.61. The van der Waals surface area contributed by atoms with Gasteiger partial charge in [-0.3, -0.25) is 19.1 Å². The van der Waals surface area contributed by atoms with Crippen molar-refractivity contribution in [2.75, 3.05) is 51.6 Å². The predicted octanol–water partition coefficient (Wildman–Crippen LogP) is 3.36. The van der Waals surface area contributed by atoms with Crippen molar-refractivity contribution in [2.24, 2.45) is 13.0 Å². The fraction of sp³-hybridized carbons (Fsp3) is 0.448. The molecular formula is C29H31ClF3N9O3. The third-order valence-corrected chi connectivity index (χ3v) is 8.45. The normalized spacial score (nSPS) is 16.5. The molecule has 45 heavy (non-hydrogen) atoms. The number of carbonyl (C=O) groups is 3. The molecule has 238 valence electrons. The number of amides is 3. The van der Waals surface area contributed by atoms with Gasteiger partial charge in [0.05, 0.1) is 34.1 Å². The Morgan fingerprint density at radius 3 is 2.36 bits per heavy atom. The second-order valence-corrected chi connectivity index (χ2v) is 11.5. The van der Waals surface area contributed by atoms with Crippen molar-refractivity contribution in [2.45, 2.75) is 25.6 Å². The van der Waals surface area contributed by atoms with Crippen LogP contribution in [-0.2, 0) is 24.6 Å². The van der Waals surface area contributed by atoms with Gasteiger partial charge in [-0.2, -0.15) is 23.5 Å². The number of benzene rings is 1. The number of anilines is 1. The maximum Gasteiger partial charge on any atom is 0.435 e. The average Bonchev–Trinajstić information content (AvgIpc) is 3.60. The quantitative estimate of drug-likeness (QED) is 0.435. The zero-order chi connectivity index (χ0) is 32.5. The van der Waals surface area contributed by atoms with Crippen LogP contribution in [0.2, 0.25) is 5.02 Å². The molecule has 0 spiro atoms. The van der Waals surface area contributed by atoms with Crippen LogP contribution in [-0.4, -0.2) is 98.1 Å². The van der Waals surface area contributed by atoms with E-state index in [0.29, 0.717) is 26.2 Å². The fourth-order valence-corrected chi connectivity index (χ4v) is 5.87. The number of nitrogens with one attached hydrogen (secondary N) is 1. The summed E-state index contributed by atoms with van der Waals surface area (Å²) in [6, 6.07) is 6.13. The molecule has 2 fully saturated rings. The van der Waals surface area contributed by atoms with Crippen LogP contribution >= 0.6 is 11.6 Å². The van der Waals surface area contributed by atoms with E-state index >= 15 is 0 Å². The summed E-state index contributed by atoms with van der Waals surface area (Å²) in [5, 5.41) is 15.0. The van der Waals surface area contributed by atoms with Crippen LogP contribution < -0.4 is 5.32 Å². The van der Waals surface area contributed by atoms with Gasteiger partial charge in [0, 0.05) is 51.0 Å². The molecule has 4 heterocycles. The molecule has 0 unspecified atom stereocenters. The Bertz CT molecular complexity index is 1650. The molecule has 1 N–H and O–H groups in total. The molecule has 2 aromatic heterocycles. The first kappa shape index (κ1) is 32.0.